The Kier molecular flexibility index (Phi) is 8.85. The Balaban J connectivity index is 2.00. The molecule has 3 atom stereocenters. The van der Waals surface area contributed by atoms with Gasteiger partial charge in [0.05, 0.1) is 35.2 Å². The molecule has 1 saturated heterocycles. The number of fused-ring (bicyclic) bond motifs is 1. The van der Waals surface area contributed by atoms with E-state index in [4.69, 9.17) is 4.74 Å². The number of aromatic amines is 1. The van der Waals surface area contributed by atoms with E-state index in [1.165, 1.54) is 0 Å². The summed E-state index contributed by atoms with van der Waals surface area (Å²) in [5, 5.41) is 15.8. The minimum atomic E-state index is -5.29. The fraction of sp³-hybridized carbons (Fsp3) is 0.538. The van der Waals surface area contributed by atoms with E-state index in [2.05, 4.69) is 20.9 Å². The number of methoxy groups -OCH3 is 1. The lowest BCUT2D eigenvalue weighted by molar-refractivity contribution is -0.140. The summed E-state index contributed by atoms with van der Waals surface area (Å²) in [6.45, 7) is 5.53. The lowest BCUT2D eigenvalue weighted by Gasteiger charge is -2.27. The largest absolute Gasteiger partial charge is 0.495 e. The fourth-order valence-electron chi connectivity index (χ4n) is 4.77. The highest BCUT2D eigenvalue weighted by Crippen LogP contribution is 2.46. The normalized spacial score (nSPS) is 17.5. The van der Waals surface area contributed by atoms with Crippen LogP contribution in [-0.2, 0) is 21.9 Å². The second-order valence-corrected chi connectivity index (χ2v) is 10.9. The second kappa shape index (κ2) is 11.5. The molecule has 2 aromatic rings. The van der Waals surface area contributed by atoms with Crippen molar-refractivity contribution in [2.24, 2.45) is 11.3 Å². The summed E-state index contributed by atoms with van der Waals surface area (Å²) in [4.78, 5) is 40.5. The van der Waals surface area contributed by atoms with Gasteiger partial charge in [0, 0.05) is 12.5 Å². The molecule has 0 aliphatic carbocycles. The summed E-state index contributed by atoms with van der Waals surface area (Å²) < 4.78 is 88.0. The van der Waals surface area contributed by atoms with E-state index < -0.39 is 81.1 Å². The molecule has 0 radical (unpaired) electrons. The van der Waals surface area contributed by atoms with Crippen molar-refractivity contribution in [3.63, 3.8) is 0 Å². The van der Waals surface area contributed by atoms with Crippen LogP contribution < -0.4 is 20.7 Å². The maximum absolute atomic E-state index is 14.2. The van der Waals surface area contributed by atoms with Crippen molar-refractivity contribution in [2.75, 3.05) is 13.7 Å². The van der Waals surface area contributed by atoms with Crippen molar-refractivity contribution in [1.82, 2.24) is 20.9 Å². The van der Waals surface area contributed by atoms with Gasteiger partial charge in [0.1, 0.15) is 23.5 Å². The summed E-state index contributed by atoms with van der Waals surface area (Å²) in [6.07, 6.45) is -9.97. The predicted octanol–water partition coefficient (Wildman–Crippen LogP) is 4.28. The molecule has 0 saturated carbocycles. The minimum absolute atomic E-state index is 0.00810. The number of nitriles is 1. The average molecular weight is 590 g/mol. The Morgan fingerprint density at radius 2 is 1.78 bits per heavy atom. The van der Waals surface area contributed by atoms with Gasteiger partial charge in [-0.15, -0.1) is 0 Å². The Bertz CT molecular complexity index is 1370. The van der Waals surface area contributed by atoms with Crippen molar-refractivity contribution < 1.29 is 45.5 Å². The Morgan fingerprint density at radius 3 is 2.27 bits per heavy atom. The van der Waals surface area contributed by atoms with Crippen LogP contribution in [0.2, 0.25) is 0 Å². The van der Waals surface area contributed by atoms with Gasteiger partial charge in [-0.05, 0) is 36.8 Å². The van der Waals surface area contributed by atoms with Gasteiger partial charge in [-0.25, -0.2) is 0 Å². The van der Waals surface area contributed by atoms with Gasteiger partial charge < -0.3 is 25.7 Å². The van der Waals surface area contributed by atoms with Crippen molar-refractivity contribution >= 4 is 28.6 Å². The summed E-state index contributed by atoms with van der Waals surface area (Å²) >= 11 is 0. The second-order valence-electron chi connectivity index (χ2n) is 10.9. The number of H-pyrrole nitrogens is 1. The number of ether oxygens (including phenoxy) is 1. The van der Waals surface area contributed by atoms with Crippen LogP contribution in [0.1, 0.15) is 61.6 Å². The van der Waals surface area contributed by atoms with Gasteiger partial charge in [-0.2, -0.15) is 31.6 Å². The molecule has 9 nitrogen and oxygen atoms in total. The highest BCUT2D eigenvalue weighted by atomic mass is 19.4. The monoisotopic (exact) mass is 589 g/mol. The molecule has 2 heterocycles. The van der Waals surface area contributed by atoms with Gasteiger partial charge in [0.25, 0.3) is 5.91 Å². The van der Waals surface area contributed by atoms with E-state index in [-0.39, 0.29) is 18.7 Å². The first-order chi connectivity index (χ1) is 18.9. The summed E-state index contributed by atoms with van der Waals surface area (Å²) in [6, 6.07) is 0.597. The highest BCUT2D eigenvalue weighted by Gasteiger charge is 2.44. The predicted molar refractivity (Wildman–Crippen MR) is 133 cm³/mol. The number of halogens is 6. The van der Waals surface area contributed by atoms with E-state index >= 15 is 0 Å². The zero-order valence-electron chi connectivity index (χ0n) is 22.6. The van der Waals surface area contributed by atoms with Gasteiger partial charge in [-0.3, -0.25) is 14.4 Å². The number of rotatable bonds is 8. The number of carbonyl (C=O) groups is 3. The first kappa shape index (κ1) is 31.6. The fourth-order valence-corrected chi connectivity index (χ4v) is 4.77. The van der Waals surface area contributed by atoms with Gasteiger partial charge >= 0.3 is 12.4 Å². The zero-order chi connectivity index (χ0) is 30.9. The van der Waals surface area contributed by atoms with Crippen LogP contribution in [-0.4, -0.2) is 48.4 Å². The topological polar surface area (TPSA) is 136 Å². The van der Waals surface area contributed by atoms with Crippen LogP contribution in [0.25, 0.3) is 10.9 Å². The van der Waals surface area contributed by atoms with E-state index in [0.717, 1.165) is 13.2 Å². The minimum Gasteiger partial charge on any atom is -0.495 e. The number of alkyl halides is 6. The van der Waals surface area contributed by atoms with Crippen molar-refractivity contribution in [1.29, 1.82) is 5.26 Å². The zero-order valence-corrected chi connectivity index (χ0v) is 22.6. The Labute approximate surface area is 231 Å². The Morgan fingerprint density at radius 1 is 1.12 bits per heavy atom. The summed E-state index contributed by atoms with van der Waals surface area (Å²) in [5.41, 5.74) is -5.35. The van der Waals surface area contributed by atoms with Gasteiger partial charge in [0.2, 0.25) is 11.8 Å². The van der Waals surface area contributed by atoms with Crippen LogP contribution >= 0.6 is 0 Å². The molecule has 224 valence electrons. The van der Waals surface area contributed by atoms with Crippen LogP contribution in [0.3, 0.4) is 0 Å². The maximum atomic E-state index is 14.2. The highest BCUT2D eigenvalue weighted by molar-refractivity contribution is 6.05. The molecule has 1 aromatic heterocycles. The lowest BCUT2D eigenvalue weighted by atomic mass is 9.87. The van der Waals surface area contributed by atoms with Crippen LogP contribution in [0.15, 0.2) is 12.1 Å². The Hall–Kier alpha value is -3.96. The SMILES string of the molecule is COc1c(C(F)(F)F)ccc2[nH]c(C(=O)N[C@@H](CC(C)(C)C)C(=O)N[C@H](C#N)C[C@@H]3CCNC3=O)c(C(F)(F)F)c12. The first-order valence-corrected chi connectivity index (χ1v) is 12.5. The van der Waals surface area contributed by atoms with Crippen LogP contribution in [0, 0.1) is 22.7 Å². The maximum Gasteiger partial charge on any atom is 0.419 e. The van der Waals surface area contributed by atoms with E-state index in [1.807, 2.05) is 6.07 Å². The first-order valence-electron chi connectivity index (χ1n) is 12.5. The summed E-state index contributed by atoms with van der Waals surface area (Å²) in [7, 11) is 0.779. The molecule has 3 rings (SSSR count). The molecule has 41 heavy (non-hydrogen) atoms. The van der Waals surface area contributed by atoms with Crippen molar-refractivity contribution in [2.45, 2.75) is 64.5 Å². The third-order valence-electron chi connectivity index (χ3n) is 6.53. The molecule has 1 aromatic carbocycles. The van der Waals surface area contributed by atoms with E-state index in [0.29, 0.717) is 19.0 Å². The molecule has 0 bridgehead atoms. The number of amides is 3. The number of nitrogens with zero attached hydrogens (tertiary/aromatic N) is 1. The molecule has 0 unspecified atom stereocenters. The quantitative estimate of drug-likeness (QED) is 0.341. The summed E-state index contributed by atoms with van der Waals surface area (Å²) in [5.74, 6) is -4.19. The molecular formula is C26H29F6N5O4. The number of aromatic nitrogens is 1. The van der Waals surface area contributed by atoms with Crippen molar-refractivity contribution in [3.8, 4) is 11.8 Å². The number of carbonyl (C=O) groups excluding carboxylic acids is 3. The van der Waals surface area contributed by atoms with Crippen LogP contribution in [0.4, 0.5) is 26.3 Å². The third-order valence-corrected chi connectivity index (χ3v) is 6.53. The number of hydrogen-bond acceptors (Lipinski definition) is 5. The molecule has 1 fully saturated rings. The smallest absolute Gasteiger partial charge is 0.419 e. The number of nitrogens with one attached hydrogen (secondary N) is 4. The van der Waals surface area contributed by atoms with Crippen molar-refractivity contribution in [3.05, 3.63) is 29.0 Å². The number of benzene rings is 1. The standard InChI is InChI=1S/C26H29F6N5O4/c1-24(2,3)10-16(22(39)35-13(11-33)9-12-7-8-34-21(12)38)37-23(40)19-18(26(30,31)32)17-15(36-19)6-5-14(20(17)41-4)25(27,28)29/h5-6,12-13,16,36H,7-10H2,1-4H3,(H,34,38)(H,35,39)(H,37,40)/t12-,13-,16-/m0/s1. The molecule has 0 spiro atoms. The van der Waals surface area contributed by atoms with E-state index in [1.54, 1.807) is 20.8 Å². The average Bonchev–Trinajstić information content (AvgIpc) is 3.44. The molecule has 4 N–H and O–H groups in total. The van der Waals surface area contributed by atoms with E-state index in [9.17, 15) is 46.0 Å². The third kappa shape index (κ3) is 7.22. The van der Waals surface area contributed by atoms with Crippen LogP contribution in [0.5, 0.6) is 5.75 Å². The molecular weight excluding hydrogens is 560 g/mol. The molecule has 1 aliphatic rings. The lowest BCUT2D eigenvalue weighted by Crippen LogP contribution is -2.51. The van der Waals surface area contributed by atoms with Gasteiger partial charge in [-0.1, -0.05) is 20.8 Å². The molecule has 15 heteroatoms. The molecule has 3 amide bonds. The van der Waals surface area contributed by atoms with Gasteiger partial charge in [0.15, 0.2) is 0 Å². The molecule has 1 aliphatic heterocycles. The number of hydrogen-bond donors (Lipinski definition) is 4.